The van der Waals surface area contributed by atoms with Crippen LogP contribution in [0.5, 0.6) is 0 Å². The number of nitrogens with zero attached hydrogens (tertiary/aromatic N) is 2. The lowest BCUT2D eigenvalue weighted by Gasteiger charge is -2.11. The van der Waals surface area contributed by atoms with Gasteiger partial charge < -0.3 is 15.4 Å². The van der Waals surface area contributed by atoms with Gasteiger partial charge in [-0.3, -0.25) is 4.79 Å². The van der Waals surface area contributed by atoms with E-state index in [1.165, 1.54) is 13.2 Å². The van der Waals surface area contributed by atoms with Crippen molar-refractivity contribution in [1.82, 2.24) is 9.97 Å². The van der Waals surface area contributed by atoms with Gasteiger partial charge in [0.1, 0.15) is 17.3 Å². The molecule has 2 N–H and O–H groups in total. The van der Waals surface area contributed by atoms with Crippen LogP contribution in [0.25, 0.3) is 0 Å². The van der Waals surface area contributed by atoms with E-state index in [0.717, 1.165) is 0 Å². The van der Waals surface area contributed by atoms with Gasteiger partial charge in [0.2, 0.25) is 0 Å². The van der Waals surface area contributed by atoms with Crippen LogP contribution in [-0.4, -0.2) is 29.0 Å². The van der Waals surface area contributed by atoms with Crippen LogP contribution in [0.1, 0.15) is 26.7 Å². The molecule has 8 heteroatoms. The molecule has 0 saturated carbocycles. The van der Waals surface area contributed by atoms with Crippen molar-refractivity contribution in [1.29, 1.82) is 0 Å². The number of nitrogens with one attached hydrogen (secondary N) is 2. The van der Waals surface area contributed by atoms with Gasteiger partial charge in [-0.15, -0.1) is 0 Å². The van der Waals surface area contributed by atoms with Crippen molar-refractivity contribution in [2.24, 2.45) is 0 Å². The summed E-state index contributed by atoms with van der Waals surface area (Å²) in [6.45, 7) is 1.68. The van der Waals surface area contributed by atoms with E-state index < -0.39 is 11.9 Å². The molecule has 0 fully saturated rings. The Kier molecular flexibility index (Phi) is 5.86. The second-order valence-corrected chi connectivity index (χ2v) is 6.19. The maximum absolute atomic E-state index is 12.7. The van der Waals surface area contributed by atoms with Crippen LogP contribution in [0, 0.1) is 6.92 Å². The zero-order valence-electron chi connectivity index (χ0n) is 15.2. The van der Waals surface area contributed by atoms with Crippen molar-refractivity contribution < 1.29 is 14.3 Å². The predicted molar refractivity (Wildman–Crippen MR) is 107 cm³/mol. The first kappa shape index (κ1) is 19.3. The second kappa shape index (κ2) is 8.49. The summed E-state index contributed by atoms with van der Waals surface area (Å²) in [5.41, 5.74) is 1.38. The first-order valence-corrected chi connectivity index (χ1v) is 8.71. The van der Waals surface area contributed by atoms with Crippen molar-refractivity contribution >= 4 is 40.7 Å². The van der Waals surface area contributed by atoms with Gasteiger partial charge in [-0.25, -0.2) is 14.8 Å². The number of carbonyl (C=O) groups is 2. The number of amides is 1. The molecular formula is C20H17ClN4O3. The van der Waals surface area contributed by atoms with Gasteiger partial charge in [-0.2, -0.15) is 0 Å². The molecule has 1 heterocycles. The average molecular weight is 397 g/mol. The number of hydrogen-bond acceptors (Lipinski definition) is 6. The molecule has 0 spiro atoms. The lowest BCUT2D eigenvalue weighted by atomic mass is 10.1. The monoisotopic (exact) mass is 396 g/mol. The molecule has 3 rings (SSSR count). The highest BCUT2D eigenvalue weighted by Gasteiger charge is 2.16. The van der Waals surface area contributed by atoms with Gasteiger partial charge in [0.15, 0.2) is 0 Å². The smallest absolute Gasteiger partial charge is 0.339 e. The van der Waals surface area contributed by atoms with Gasteiger partial charge in [-0.1, -0.05) is 35.9 Å². The molecule has 28 heavy (non-hydrogen) atoms. The van der Waals surface area contributed by atoms with Gasteiger partial charge in [0.25, 0.3) is 5.91 Å². The molecule has 142 valence electrons. The van der Waals surface area contributed by atoms with E-state index in [9.17, 15) is 9.59 Å². The minimum absolute atomic E-state index is 0.140. The number of para-hydroxylation sites is 2. The number of halogens is 1. The molecule has 1 aromatic heterocycles. The second-order valence-electron chi connectivity index (χ2n) is 5.78. The topological polar surface area (TPSA) is 93.2 Å². The van der Waals surface area contributed by atoms with Crippen LogP contribution in [0.3, 0.4) is 0 Å². The van der Waals surface area contributed by atoms with E-state index in [1.54, 1.807) is 43.3 Å². The highest BCUT2D eigenvalue weighted by atomic mass is 35.5. The molecule has 0 aliphatic rings. The van der Waals surface area contributed by atoms with Gasteiger partial charge in [-0.05, 0) is 31.2 Å². The molecule has 2 aromatic carbocycles. The number of benzene rings is 2. The Morgan fingerprint density at radius 3 is 2.39 bits per heavy atom. The normalized spacial score (nSPS) is 10.2. The summed E-state index contributed by atoms with van der Waals surface area (Å²) in [6, 6.07) is 15.3. The molecule has 0 bridgehead atoms. The molecule has 3 aromatic rings. The van der Waals surface area contributed by atoms with E-state index in [-0.39, 0.29) is 11.3 Å². The Morgan fingerprint density at radius 2 is 1.68 bits per heavy atom. The molecule has 7 nitrogen and oxygen atoms in total. The number of anilines is 3. The summed E-state index contributed by atoms with van der Waals surface area (Å²) in [5, 5.41) is 6.29. The first-order valence-electron chi connectivity index (χ1n) is 8.34. The Balaban J connectivity index is 1.86. The summed E-state index contributed by atoms with van der Waals surface area (Å²) in [5.74, 6) is -0.199. The maximum atomic E-state index is 12.7. The lowest BCUT2D eigenvalue weighted by Crippen LogP contribution is -2.17. The Labute approximate surface area is 166 Å². The van der Waals surface area contributed by atoms with Crippen LogP contribution in [0.4, 0.5) is 17.2 Å². The molecule has 0 atom stereocenters. The van der Waals surface area contributed by atoms with Crippen LogP contribution < -0.4 is 10.6 Å². The summed E-state index contributed by atoms with van der Waals surface area (Å²) in [7, 11) is 1.28. The Bertz CT molecular complexity index is 1040. The Hall–Kier alpha value is -3.45. The van der Waals surface area contributed by atoms with Crippen LogP contribution in [0.2, 0.25) is 5.02 Å². The minimum Gasteiger partial charge on any atom is -0.465 e. The molecule has 1 amide bonds. The summed E-state index contributed by atoms with van der Waals surface area (Å²) in [6.07, 6.45) is 0. The van der Waals surface area contributed by atoms with Crippen LogP contribution in [0.15, 0.2) is 54.6 Å². The quantitative estimate of drug-likeness (QED) is 0.627. The molecule has 0 radical (unpaired) electrons. The molecule has 0 unspecified atom stereocenters. The molecular weight excluding hydrogens is 380 g/mol. The number of carbonyl (C=O) groups excluding carboxylic acids is 2. The van der Waals surface area contributed by atoms with Gasteiger partial charge in [0, 0.05) is 6.07 Å². The van der Waals surface area contributed by atoms with E-state index in [1.807, 2.05) is 12.1 Å². The number of rotatable bonds is 5. The summed E-state index contributed by atoms with van der Waals surface area (Å²) in [4.78, 5) is 33.0. The highest BCUT2D eigenvalue weighted by Crippen LogP contribution is 2.24. The minimum atomic E-state index is -0.546. The number of aromatic nitrogens is 2. The molecule has 0 aliphatic heterocycles. The maximum Gasteiger partial charge on any atom is 0.339 e. The molecule has 0 saturated heterocycles. The predicted octanol–water partition coefficient (Wildman–Crippen LogP) is 4.22. The zero-order valence-corrected chi connectivity index (χ0v) is 15.9. The van der Waals surface area contributed by atoms with Crippen molar-refractivity contribution in [2.75, 3.05) is 17.7 Å². The van der Waals surface area contributed by atoms with E-state index in [4.69, 9.17) is 16.3 Å². The standard InChI is InChI=1S/C20H17ClN4O3/c1-12-22-17(11-18(23-12)24-16-10-6-4-8-14(16)21)19(26)25-15-9-5-3-7-13(15)20(27)28-2/h3-11H,1-2H3,(H,25,26)(H,22,23,24). The number of hydrogen-bond donors (Lipinski definition) is 2. The van der Waals surface area contributed by atoms with E-state index in [0.29, 0.717) is 28.0 Å². The number of methoxy groups -OCH3 is 1. The van der Waals surface area contributed by atoms with Crippen LogP contribution in [-0.2, 0) is 4.74 Å². The number of esters is 1. The zero-order chi connectivity index (χ0) is 20.1. The van der Waals surface area contributed by atoms with Crippen molar-refractivity contribution in [3.8, 4) is 0 Å². The lowest BCUT2D eigenvalue weighted by molar-refractivity contribution is 0.0602. The third-order valence-corrected chi connectivity index (χ3v) is 4.12. The summed E-state index contributed by atoms with van der Waals surface area (Å²) >= 11 is 6.16. The third kappa shape index (κ3) is 4.44. The first-order chi connectivity index (χ1) is 13.5. The van der Waals surface area contributed by atoms with E-state index >= 15 is 0 Å². The number of ether oxygens (including phenoxy) is 1. The van der Waals surface area contributed by atoms with Gasteiger partial charge in [0.05, 0.1) is 29.1 Å². The van der Waals surface area contributed by atoms with E-state index in [2.05, 4.69) is 20.6 Å². The highest BCUT2D eigenvalue weighted by molar-refractivity contribution is 6.33. The van der Waals surface area contributed by atoms with Crippen molar-refractivity contribution in [3.05, 3.63) is 76.7 Å². The van der Waals surface area contributed by atoms with Gasteiger partial charge >= 0.3 is 5.97 Å². The van der Waals surface area contributed by atoms with Crippen molar-refractivity contribution in [2.45, 2.75) is 6.92 Å². The van der Waals surface area contributed by atoms with Crippen LogP contribution >= 0.6 is 11.6 Å². The molecule has 0 aliphatic carbocycles. The summed E-state index contributed by atoms with van der Waals surface area (Å²) < 4.78 is 4.74. The fourth-order valence-corrected chi connectivity index (χ4v) is 2.70. The largest absolute Gasteiger partial charge is 0.465 e. The average Bonchev–Trinajstić information content (AvgIpc) is 2.69. The fraction of sp³-hybridized carbons (Fsp3) is 0.100. The Morgan fingerprint density at radius 1 is 1.00 bits per heavy atom. The fourth-order valence-electron chi connectivity index (χ4n) is 2.52. The SMILES string of the molecule is COC(=O)c1ccccc1NC(=O)c1cc(Nc2ccccc2Cl)nc(C)n1. The van der Waals surface area contributed by atoms with Crippen molar-refractivity contribution in [3.63, 3.8) is 0 Å². The number of aryl methyl sites for hydroxylation is 1. The third-order valence-electron chi connectivity index (χ3n) is 3.79.